The van der Waals surface area contributed by atoms with Gasteiger partial charge in [0.2, 0.25) is 0 Å². The predicted octanol–water partition coefficient (Wildman–Crippen LogP) is 4.85. The molecule has 2 aliphatic heterocycles. The normalized spacial score (nSPS) is 19.4. The van der Waals surface area contributed by atoms with Crippen molar-refractivity contribution >= 4 is 45.9 Å². The van der Waals surface area contributed by atoms with E-state index in [-0.39, 0.29) is 5.91 Å². The number of hydrogen-bond acceptors (Lipinski definition) is 5. The highest BCUT2D eigenvalue weighted by molar-refractivity contribution is 7.80. The highest BCUT2D eigenvalue weighted by atomic mass is 32.1. The Morgan fingerprint density at radius 1 is 1.06 bits per heavy atom. The first-order chi connectivity index (χ1) is 16.2. The smallest absolute Gasteiger partial charge is 0.275 e. The minimum absolute atomic E-state index is 0.121. The van der Waals surface area contributed by atoms with E-state index in [2.05, 4.69) is 26.5 Å². The van der Waals surface area contributed by atoms with Gasteiger partial charge in [0.05, 0.1) is 16.4 Å². The van der Waals surface area contributed by atoms with Crippen LogP contribution >= 0.6 is 23.6 Å². The summed E-state index contributed by atoms with van der Waals surface area (Å²) in [5.74, 6) is 1.11. The van der Waals surface area contributed by atoms with Crippen LogP contribution in [0.4, 0.5) is 11.4 Å². The number of nitrogens with zero attached hydrogens (tertiary/aromatic N) is 3. The van der Waals surface area contributed by atoms with Gasteiger partial charge < -0.3 is 20.4 Å². The Morgan fingerprint density at radius 2 is 1.82 bits per heavy atom. The Hall–Kier alpha value is -2.19. The summed E-state index contributed by atoms with van der Waals surface area (Å²) in [5.41, 5.74) is 2.51. The predicted molar refractivity (Wildman–Crippen MR) is 139 cm³/mol. The molecule has 3 fully saturated rings. The van der Waals surface area contributed by atoms with Crippen LogP contribution in [-0.2, 0) is 0 Å². The van der Waals surface area contributed by atoms with Gasteiger partial charge in [-0.3, -0.25) is 4.79 Å². The molecule has 0 bridgehead atoms. The largest absolute Gasteiger partial charge is 0.370 e. The van der Waals surface area contributed by atoms with Gasteiger partial charge in [0.25, 0.3) is 5.91 Å². The van der Waals surface area contributed by atoms with Crippen LogP contribution in [0.15, 0.2) is 29.6 Å². The van der Waals surface area contributed by atoms with Gasteiger partial charge in [0.15, 0.2) is 5.11 Å². The van der Waals surface area contributed by atoms with Crippen molar-refractivity contribution in [3.63, 3.8) is 0 Å². The molecular weight excluding hydrogens is 450 g/mol. The van der Waals surface area contributed by atoms with Crippen LogP contribution < -0.4 is 15.5 Å². The van der Waals surface area contributed by atoms with Crippen molar-refractivity contribution in [2.75, 3.05) is 42.9 Å². The van der Waals surface area contributed by atoms with Crippen LogP contribution in [0.1, 0.15) is 66.4 Å². The lowest BCUT2D eigenvalue weighted by molar-refractivity contribution is 0.102. The number of nitrogens with one attached hydrogen (secondary N) is 2. The fraction of sp³-hybridized carbons (Fsp3) is 0.560. The maximum atomic E-state index is 13.0. The topological polar surface area (TPSA) is 60.5 Å². The van der Waals surface area contributed by atoms with Crippen LogP contribution in [-0.4, -0.2) is 53.6 Å². The fourth-order valence-corrected chi connectivity index (χ4v) is 5.99. The van der Waals surface area contributed by atoms with Gasteiger partial charge in [-0.05, 0) is 75.2 Å². The molecule has 1 aromatic heterocycles. The lowest BCUT2D eigenvalue weighted by atomic mass is 9.98. The number of likely N-dealkylation sites (tertiary alicyclic amines) is 1. The Balaban J connectivity index is 1.17. The van der Waals surface area contributed by atoms with Gasteiger partial charge in [0, 0.05) is 44.0 Å². The maximum Gasteiger partial charge on any atom is 0.275 e. The van der Waals surface area contributed by atoms with E-state index in [1.807, 2.05) is 23.6 Å². The van der Waals surface area contributed by atoms with Crippen molar-refractivity contribution in [2.24, 2.45) is 5.92 Å². The summed E-state index contributed by atoms with van der Waals surface area (Å²) >= 11 is 7.19. The second kappa shape index (κ2) is 10.4. The SMILES string of the molecule is O=C(Nc1ccccc1N1CCCCC1)c1csc(C2CCN(C(=S)NCC3CC3)CC2)n1. The number of thiocarbonyl (C=S) groups is 1. The third-order valence-corrected chi connectivity index (χ3v) is 8.38. The van der Waals surface area contributed by atoms with Gasteiger partial charge in [-0.15, -0.1) is 11.3 Å². The van der Waals surface area contributed by atoms with Crippen molar-refractivity contribution in [1.82, 2.24) is 15.2 Å². The zero-order valence-electron chi connectivity index (χ0n) is 19.1. The van der Waals surface area contributed by atoms with Crippen molar-refractivity contribution < 1.29 is 4.79 Å². The van der Waals surface area contributed by atoms with Crippen molar-refractivity contribution in [1.29, 1.82) is 0 Å². The molecule has 176 valence electrons. The number of rotatable bonds is 6. The number of hydrogen-bond donors (Lipinski definition) is 2. The fourth-order valence-electron chi connectivity index (χ4n) is 4.75. The number of thiazole rings is 1. The molecule has 33 heavy (non-hydrogen) atoms. The number of carbonyl (C=O) groups is 1. The molecule has 1 aliphatic carbocycles. The lowest BCUT2D eigenvalue weighted by Crippen LogP contribution is -2.44. The molecule has 2 saturated heterocycles. The Kier molecular flexibility index (Phi) is 7.11. The van der Waals surface area contributed by atoms with Gasteiger partial charge in [-0.25, -0.2) is 4.98 Å². The minimum Gasteiger partial charge on any atom is -0.370 e. The van der Waals surface area contributed by atoms with Gasteiger partial charge in [0.1, 0.15) is 5.69 Å². The molecule has 0 atom stereocenters. The van der Waals surface area contributed by atoms with Gasteiger partial charge >= 0.3 is 0 Å². The van der Waals surface area contributed by atoms with E-state index >= 15 is 0 Å². The van der Waals surface area contributed by atoms with Crippen LogP contribution in [0, 0.1) is 5.92 Å². The summed E-state index contributed by atoms with van der Waals surface area (Å²) in [6.07, 6.45) is 8.42. The summed E-state index contributed by atoms with van der Waals surface area (Å²) in [5, 5.41) is 10.4. The third-order valence-electron chi connectivity index (χ3n) is 6.97. The molecule has 0 spiro atoms. The molecule has 3 heterocycles. The summed E-state index contributed by atoms with van der Waals surface area (Å²) in [4.78, 5) is 22.4. The second-order valence-corrected chi connectivity index (χ2v) is 10.8. The second-order valence-electron chi connectivity index (χ2n) is 9.48. The maximum absolute atomic E-state index is 13.0. The van der Waals surface area contributed by atoms with Crippen molar-refractivity contribution in [2.45, 2.75) is 50.9 Å². The summed E-state index contributed by atoms with van der Waals surface area (Å²) in [6, 6.07) is 8.11. The van der Waals surface area contributed by atoms with E-state index in [0.29, 0.717) is 11.6 Å². The summed E-state index contributed by atoms with van der Waals surface area (Å²) in [7, 11) is 0. The number of para-hydroxylation sites is 2. The molecule has 1 amide bonds. The van der Waals surface area contributed by atoms with Crippen molar-refractivity contribution in [3.8, 4) is 0 Å². The molecule has 0 unspecified atom stereocenters. The quantitative estimate of drug-likeness (QED) is 0.573. The average molecular weight is 484 g/mol. The highest BCUT2D eigenvalue weighted by Gasteiger charge is 2.27. The van der Waals surface area contributed by atoms with E-state index in [9.17, 15) is 4.79 Å². The number of aromatic nitrogens is 1. The Bertz CT molecular complexity index is 975. The molecule has 8 heteroatoms. The van der Waals surface area contributed by atoms with Crippen LogP contribution in [0.25, 0.3) is 0 Å². The minimum atomic E-state index is -0.121. The van der Waals surface area contributed by atoms with E-state index in [1.165, 1.54) is 32.1 Å². The molecule has 1 aromatic carbocycles. The first kappa shape index (κ1) is 22.6. The lowest BCUT2D eigenvalue weighted by Gasteiger charge is -2.33. The highest BCUT2D eigenvalue weighted by Crippen LogP contribution is 2.32. The number of carbonyl (C=O) groups excluding carboxylic acids is 1. The standard InChI is InChI=1S/C25H33N5OS2/c31-23(27-20-6-2-3-7-22(20)29-12-4-1-5-13-29)21-17-33-24(28-21)19-10-14-30(15-11-19)25(32)26-16-18-8-9-18/h2-3,6-7,17-19H,1,4-5,8-16H2,(H,26,32)(H,27,31). The zero-order valence-corrected chi connectivity index (χ0v) is 20.7. The van der Waals surface area contributed by atoms with Gasteiger partial charge in [-0.2, -0.15) is 0 Å². The molecule has 2 aromatic rings. The molecule has 1 saturated carbocycles. The Morgan fingerprint density at radius 3 is 2.58 bits per heavy atom. The molecule has 3 aliphatic rings. The first-order valence-corrected chi connectivity index (χ1v) is 13.6. The number of benzene rings is 1. The average Bonchev–Trinajstić information content (AvgIpc) is 3.56. The van der Waals surface area contributed by atoms with Crippen molar-refractivity contribution in [3.05, 3.63) is 40.3 Å². The Labute approximate surface area is 205 Å². The summed E-state index contributed by atoms with van der Waals surface area (Å²) < 4.78 is 0. The molecular formula is C25H33N5OS2. The monoisotopic (exact) mass is 483 g/mol. The van der Waals surface area contributed by atoms with E-state index in [4.69, 9.17) is 17.2 Å². The summed E-state index contributed by atoms with van der Waals surface area (Å²) in [6.45, 7) is 5.01. The third kappa shape index (κ3) is 5.66. The van der Waals surface area contributed by atoms with Crippen LogP contribution in [0.2, 0.25) is 0 Å². The van der Waals surface area contributed by atoms with Crippen LogP contribution in [0.3, 0.4) is 0 Å². The number of anilines is 2. The molecule has 0 radical (unpaired) electrons. The van der Waals surface area contributed by atoms with Crippen LogP contribution in [0.5, 0.6) is 0 Å². The van der Waals surface area contributed by atoms with E-state index in [1.54, 1.807) is 11.3 Å². The van der Waals surface area contributed by atoms with Gasteiger partial charge in [-0.1, -0.05) is 12.1 Å². The molecule has 5 rings (SSSR count). The number of piperidine rings is 2. The first-order valence-electron chi connectivity index (χ1n) is 12.3. The van der Waals surface area contributed by atoms with E-state index in [0.717, 1.165) is 73.0 Å². The molecule has 6 nitrogen and oxygen atoms in total. The zero-order chi connectivity index (χ0) is 22.6. The van der Waals surface area contributed by atoms with E-state index < -0.39 is 0 Å². The number of amides is 1. The molecule has 2 N–H and O–H groups in total.